The molecule has 0 radical (unpaired) electrons. The Bertz CT molecular complexity index is 1290. The van der Waals surface area contributed by atoms with Crippen LogP contribution in [0.1, 0.15) is 29.2 Å². The molecule has 0 unspecified atom stereocenters. The second-order valence-corrected chi connectivity index (χ2v) is 9.37. The number of benzene rings is 1. The minimum atomic E-state index is -3.36. The lowest BCUT2D eigenvalue weighted by molar-refractivity contribution is -0.384. The molecular weight excluding hydrogens is 436 g/mol. The third kappa shape index (κ3) is 3.92. The van der Waals surface area contributed by atoms with Gasteiger partial charge in [-0.25, -0.2) is 8.42 Å². The van der Waals surface area contributed by atoms with E-state index in [1.807, 2.05) is 0 Å². The lowest BCUT2D eigenvalue weighted by atomic mass is 10.0. The number of nitrogens with zero attached hydrogens (tertiary/aromatic N) is 4. The maximum Gasteiger partial charge on any atom is 0.290 e. The van der Waals surface area contributed by atoms with E-state index in [0.717, 1.165) is 16.8 Å². The molecule has 2 heterocycles. The maximum atomic E-state index is 12.7. The van der Waals surface area contributed by atoms with Gasteiger partial charge in [0.05, 0.1) is 33.7 Å². The maximum absolute atomic E-state index is 12.7. The number of aromatic hydroxyl groups is 1. The van der Waals surface area contributed by atoms with Crippen molar-refractivity contribution in [1.82, 2.24) is 4.57 Å². The summed E-state index contributed by atoms with van der Waals surface area (Å²) in [6.07, 6.45) is 1.29. The van der Waals surface area contributed by atoms with Gasteiger partial charge in [-0.05, 0) is 31.0 Å². The highest BCUT2D eigenvalue weighted by Crippen LogP contribution is 2.31. The summed E-state index contributed by atoms with van der Waals surface area (Å²) in [6.45, 7) is 1.45. The number of pyridine rings is 1. The van der Waals surface area contributed by atoms with Crippen LogP contribution in [0.3, 0.4) is 0 Å². The smallest absolute Gasteiger partial charge is 0.290 e. The minimum absolute atomic E-state index is 0.0352. The molecule has 0 bridgehead atoms. The second-order valence-electron chi connectivity index (χ2n) is 6.73. The van der Waals surface area contributed by atoms with Crippen LogP contribution >= 0.6 is 11.6 Å². The van der Waals surface area contributed by atoms with Crippen molar-refractivity contribution in [3.8, 4) is 11.9 Å². The van der Waals surface area contributed by atoms with Gasteiger partial charge in [-0.2, -0.15) is 5.26 Å². The van der Waals surface area contributed by atoms with Gasteiger partial charge < -0.3 is 5.11 Å². The number of hydrogen-bond donors (Lipinski definition) is 1. The van der Waals surface area contributed by atoms with Crippen molar-refractivity contribution in [2.75, 3.05) is 11.5 Å². The number of rotatable bonds is 4. The molecule has 1 aliphatic heterocycles. The number of nitro groups is 1. The fourth-order valence-corrected chi connectivity index (χ4v) is 5.16. The Morgan fingerprint density at radius 3 is 2.73 bits per heavy atom. The van der Waals surface area contributed by atoms with E-state index in [0.29, 0.717) is 0 Å². The fraction of sp³-hybridized carbons (Fsp3) is 0.278. The molecule has 0 amide bonds. The molecule has 1 atom stereocenters. The lowest BCUT2D eigenvalue weighted by Crippen LogP contribution is -2.29. The van der Waals surface area contributed by atoms with E-state index in [9.17, 15) is 33.7 Å². The lowest BCUT2D eigenvalue weighted by Gasteiger charge is -2.18. The summed E-state index contributed by atoms with van der Waals surface area (Å²) < 4.78 is 24.5. The molecule has 0 aliphatic carbocycles. The molecule has 1 aliphatic rings. The van der Waals surface area contributed by atoms with Crippen molar-refractivity contribution in [3.63, 3.8) is 0 Å². The van der Waals surface area contributed by atoms with Crippen LogP contribution in [0.4, 0.5) is 11.4 Å². The van der Waals surface area contributed by atoms with Crippen molar-refractivity contribution in [3.05, 3.63) is 60.4 Å². The zero-order chi connectivity index (χ0) is 22.2. The summed E-state index contributed by atoms with van der Waals surface area (Å²) in [7, 11) is -3.36. The zero-order valence-corrected chi connectivity index (χ0v) is 17.1. The highest BCUT2D eigenvalue weighted by Gasteiger charge is 2.33. The summed E-state index contributed by atoms with van der Waals surface area (Å²) >= 11 is 5.78. The molecule has 1 aromatic carbocycles. The molecule has 0 saturated carbocycles. The molecule has 1 fully saturated rings. The second kappa shape index (κ2) is 7.89. The Labute approximate surface area is 175 Å². The highest BCUT2D eigenvalue weighted by molar-refractivity contribution is 7.91. The summed E-state index contributed by atoms with van der Waals surface area (Å²) in [5.41, 5.74) is -1.04. The Morgan fingerprint density at radius 1 is 1.47 bits per heavy atom. The highest BCUT2D eigenvalue weighted by atomic mass is 35.5. The van der Waals surface area contributed by atoms with Gasteiger partial charge >= 0.3 is 0 Å². The van der Waals surface area contributed by atoms with Crippen LogP contribution in [-0.2, 0) is 9.84 Å². The molecule has 1 aromatic heterocycles. The number of sulfone groups is 1. The number of aliphatic imine (C=N–C) groups is 1. The van der Waals surface area contributed by atoms with Gasteiger partial charge in [0, 0.05) is 12.3 Å². The number of hydrogen-bond acceptors (Lipinski definition) is 8. The van der Waals surface area contributed by atoms with Gasteiger partial charge in [-0.3, -0.25) is 24.5 Å². The zero-order valence-electron chi connectivity index (χ0n) is 15.6. The summed E-state index contributed by atoms with van der Waals surface area (Å²) in [6, 6.07) is 4.83. The van der Waals surface area contributed by atoms with Crippen molar-refractivity contribution >= 4 is 39.0 Å². The standard InChI is InChI=1S/C18H15ClN4O6S/c1-10-13(7-20)17(24)22(12-4-5-30(28,29)9-12)18(25)14(10)8-21-11-2-3-15(19)16(6-11)23(26)27/h2-3,6,8,12,25H,4-5,9H2,1H3/t12-/m1/s1. The first-order chi connectivity index (χ1) is 14.1. The van der Waals surface area contributed by atoms with Gasteiger partial charge in [-0.15, -0.1) is 0 Å². The van der Waals surface area contributed by atoms with E-state index in [4.69, 9.17) is 11.6 Å². The average Bonchev–Trinajstić information content (AvgIpc) is 3.02. The van der Waals surface area contributed by atoms with E-state index in [1.54, 1.807) is 6.07 Å². The summed E-state index contributed by atoms with van der Waals surface area (Å²) in [4.78, 5) is 27.1. The number of aromatic nitrogens is 1. The van der Waals surface area contributed by atoms with Crippen LogP contribution in [0.5, 0.6) is 5.88 Å². The van der Waals surface area contributed by atoms with Crippen LogP contribution in [0, 0.1) is 28.4 Å². The average molecular weight is 451 g/mol. The summed E-state index contributed by atoms with van der Waals surface area (Å²) in [5, 5.41) is 31.1. The quantitative estimate of drug-likeness (QED) is 0.425. The van der Waals surface area contributed by atoms with Crippen LogP contribution in [0.25, 0.3) is 0 Å². The molecular formula is C18H15ClN4O6S. The number of nitro benzene ring substituents is 1. The van der Waals surface area contributed by atoms with E-state index in [-0.39, 0.29) is 51.0 Å². The predicted molar refractivity (Wildman–Crippen MR) is 109 cm³/mol. The normalized spacial score (nSPS) is 17.8. The molecule has 3 rings (SSSR count). The SMILES string of the molecule is Cc1c(C=Nc2ccc(Cl)c([N+](=O)[O-])c2)c(O)n([C@@H]2CCS(=O)(=O)C2)c(=O)c1C#N. The molecule has 0 spiro atoms. The molecule has 1 saturated heterocycles. The largest absolute Gasteiger partial charge is 0.494 e. The first-order valence-electron chi connectivity index (χ1n) is 8.62. The van der Waals surface area contributed by atoms with E-state index in [1.165, 1.54) is 19.1 Å². The van der Waals surface area contributed by atoms with E-state index < -0.39 is 32.2 Å². The first-order valence-corrected chi connectivity index (χ1v) is 10.8. The van der Waals surface area contributed by atoms with Gasteiger partial charge in [0.15, 0.2) is 9.84 Å². The predicted octanol–water partition coefficient (Wildman–Crippen LogP) is 2.41. The third-order valence-electron chi connectivity index (χ3n) is 4.84. The Hall–Kier alpha value is -3.23. The van der Waals surface area contributed by atoms with Crippen molar-refractivity contribution in [1.29, 1.82) is 5.26 Å². The number of halogens is 1. The molecule has 2 aromatic rings. The van der Waals surface area contributed by atoms with Gasteiger partial charge in [-0.1, -0.05) is 11.6 Å². The Balaban J connectivity index is 2.14. The topological polar surface area (TPSA) is 156 Å². The van der Waals surface area contributed by atoms with E-state index in [2.05, 4.69) is 4.99 Å². The first kappa shape index (κ1) is 21.5. The van der Waals surface area contributed by atoms with Crippen LogP contribution in [-0.4, -0.2) is 40.7 Å². The van der Waals surface area contributed by atoms with Crippen molar-refractivity contribution in [2.45, 2.75) is 19.4 Å². The summed E-state index contributed by atoms with van der Waals surface area (Å²) in [5.74, 6) is -0.975. The molecule has 1 N–H and O–H groups in total. The van der Waals surface area contributed by atoms with E-state index >= 15 is 0 Å². The minimum Gasteiger partial charge on any atom is -0.494 e. The van der Waals surface area contributed by atoms with Crippen LogP contribution < -0.4 is 5.56 Å². The Morgan fingerprint density at radius 2 is 2.17 bits per heavy atom. The molecule has 30 heavy (non-hydrogen) atoms. The third-order valence-corrected chi connectivity index (χ3v) is 6.91. The van der Waals surface area contributed by atoms with Crippen molar-refractivity contribution < 1.29 is 18.4 Å². The molecule has 12 heteroatoms. The fourth-order valence-electron chi connectivity index (χ4n) is 3.27. The monoisotopic (exact) mass is 450 g/mol. The number of nitriles is 1. The van der Waals surface area contributed by atoms with Crippen molar-refractivity contribution in [2.24, 2.45) is 4.99 Å². The van der Waals surface area contributed by atoms with Gasteiger partial charge in [0.25, 0.3) is 11.2 Å². The van der Waals surface area contributed by atoms with Crippen LogP contribution in [0.15, 0.2) is 28.0 Å². The van der Waals surface area contributed by atoms with Crippen LogP contribution in [0.2, 0.25) is 5.02 Å². The molecule has 156 valence electrons. The van der Waals surface area contributed by atoms with Gasteiger partial charge in [0.1, 0.15) is 16.7 Å². The Kier molecular flexibility index (Phi) is 5.65. The molecule has 10 nitrogen and oxygen atoms in total. The van der Waals surface area contributed by atoms with Gasteiger partial charge in [0.2, 0.25) is 5.88 Å².